The van der Waals surface area contributed by atoms with Gasteiger partial charge in [-0.25, -0.2) is 9.59 Å². The average Bonchev–Trinajstić information content (AvgIpc) is 2.31. The van der Waals surface area contributed by atoms with Gasteiger partial charge in [0.05, 0.1) is 16.3 Å². The van der Waals surface area contributed by atoms with Gasteiger partial charge in [0.1, 0.15) is 0 Å². The first-order valence-corrected chi connectivity index (χ1v) is 6.48. The second-order valence-corrected chi connectivity index (χ2v) is 5.14. The van der Waals surface area contributed by atoms with Crippen LogP contribution in [-0.2, 0) is 0 Å². The first kappa shape index (κ1) is 16.6. The van der Waals surface area contributed by atoms with E-state index in [1.807, 2.05) is 19.0 Å². The number of amides is 2. The van der Waals surface area contributed by atoms with Crippen molar-refractivity contribution in [2.24, 2.45) is 0 Å². The van der Waals surface area contributed by atoms with Crippen LogP contribution in [0.5, 0.6) is 0 Å². The molecule has 0 heterocycles. The summed E-state index contributed by atoms with van der Waals surface area (Å²) in [6.07, 6.45) is 0. The fourth-order valence-electron chi connectivity index (χ4n) is 1.42. The number of urea groups is 1. The van der Waals surface area contributed by atoms with Gasteiger partial charge in [-0.05, 0) is 26.2 Å². The molecule has 0 aliphatic heterocycles. The molecule has 1 rings (SSSR count). The van der Waals surface area contributed by atoms with Gasteiger partial charge in [-0.15, -0.1) is 0 Å². The Labute approximate surface area is 126 Å². The van der Waals surface area contributed by atoms with Crippen LogP contribution in [0.25, 0.3) is 0 Å². The second kappa shape index (κ2) is 7.33. The number of benzene rings is 1. The van der Waals surface area contributed by atoms with E-state index in [0.29, 0.717) is 13.1 Å². The SMILES string of the molecule is CN(C)CCNC(=O)Nc1c(Cl)cc(Cl)cc1C(=O)O. The molecule has 0 saturated carbocycles. The van der Waals surface area contributed by atoms with Gasteiger partial charge in [-0.2, -0.15) is 0 Å². The Bertz CT molecular complexity index is 521. The van der Waals surface area contributed by atoms with Gasteiger partial charge in [0.15, 0.2) is 0 Å². The van der Waals surface area contributed by atoms with Gasteiger partial charge >= 0.3 is 12.0 Å². The summed E-state index contributed by atoms with van der Waals surface area (Å²) >= 11 is 11.6. The molecular formula is C12H15Cl2N3O3. The number of carboxylic acid groups (broad SMARTS) is 1. The van der Waals surface area contributed by atoms with Crippen molar-refractivity contribution in [3.05, 3.63) is 27.7 Å². The monoisotopic (exact) mass is 319 g/mol. The number of hydrogen-bond donors (Lipinski definition) is 3. The molecule has 0 bridgehead atoms. The van der Waals surface area contributed by atoms with Gasteiger partial charge in [0.2, 0.25) is 0 Å². The lowest BCUT2D eigenvalue weighted by molar-refractivity contribution is 0.0698. The molecule has 0 fully saturated rings. The van der Waals surface area contributed by atoms with Crippen molar-refractivity contribution in [1.29, 1.82) is 0 Å². The molecule has 8 heteroatoms. The molecule has 1 aromatic rings. The van der Waals surface area contributed by atoms with Crippen LogP contribution in [-0.4, -0.2) is 49.2 Å². The van der Waals surface area contributed by atoms with E-state index in [2.05, 4.69) is 10.6 Å². The van der Waals surface area contributed by atoms with Crippen LogP contribution < -0.4 is 10.6 Å². The lowest BCUT2D eigenvalue weighted by Crippen LogP contribution is -2.34. The summed E-state index contributed by atoms with van der Waals surface area (Å²) in [6, 6.07) is 2.06. The van der Waals surface area contributed by atoms with Crippen molar-refractivity contribution in [3.8, 4) is 0 Å². The molecule has 6 nitrogen and oxygen atoms in total. The van der Waals surface area contributed by atoms with Crippen molar-refractivity contribution in [2.45, 2.75) is 0 Å². The van der Waals surface area contributed by atoms with Crippen LogP contribution in [0.4, 0.5) is 10.5 Å². The van der Waals surface area contributed by atoms with Crippen LogP contribution in [0, 0.1) is 0 Å². The zero-order valence-corrected chi connectivity index (χ0v) is 12.5. The number of aromatic carboxylic acids is 1. The van der Waals surface area contributed by atoms with Crippen LogP contribution in [0.1, 0.15) is 10.4 Å². The van der Waals surface area contributed by atoms with Crippen LogP contribution in [0.15, 0.2) is 12.1 Å². The highest BCUT2D eigenvalue weighted by atomic mass is 35.5. The predicted octanol–water partition coefficient (Wildman–Crippen LogP) is 2.37. The summed E-state index contributed by atoms with van der Waals surface area (Å²) in [5.74, 6) is -1.22. The number of carbonyl (C=O) groups is 2. The summed E-state index contributed by atoms with van der Waals surface area (Å²) in [7, 11) is 3.75. The molecule has 0 atom stereocenters. The molecule has 0 aliphatic rings. The molecule has 1 aromatic carbocycles. The molecule has 0 saturated heterocycles. The molecule has 0 aromatic heterocycles. The number of nitrogens with one attached hydrogen (secondary N) is 2. The molecular weight excluding hydrogens is 305 g/mol. The summed E-state index contributed by atoms with van der Waals surface area (Å²) < 4.78 is 0. The summed E-state index contributed by atoms with van der Waals surface area (Å²) in [4.78, 5) is 24.7. The minimum Gasteiger partial charge on any atom is -0.478 e. The van der Waals surface area contributed by atoms with Gasteiger partial charge < -0.3 is 20.6 Å². The minimum atomic E-state index is -1.22. The van der Waals surface area contributed by atoms with Crippen molar-refractivity contribution in [2.75, 3.05) is 32.5 Å². The van der Waals surface area contributed by atoms with Crippen LogP contribution >= 0.6 is 23.2 Å². The zero-order valence-electron chi connectivity index (χ0n) is 11.0. The van der Waals surface area contributed by atoms with E-state index in [4.69, 9.17) is 28.3 Å². The Hall–Kier alpha value is -1.50. The topological polar surface area (TPSA) is 81.7 Å². The van der Waals surface area contributed by atoms with Gasteiger partial charge in [0.25, 0.3) is 0 Å². The van der Waals surface area contributed by atoms with E-state index < -0.39 is 12.0 Å². The minimum absolute atomic E-state index is 0.0194. The Balaban J connectivity index is 2.81. The smallest absolute Gasteiger partial charge is 0.337 e. The number of rotatable bonds is 5. The molecule has 3 N–H and O–H groups in total. The van der Waals surface area contributed by atoms with Crippen molar-refractivity contribution < 1.29 is 14.7 Å². The maximum Gasteiger partial charge on any atom is 0.337 e. The highest BCUT2D eigenvalue weighted by molar-refractivity contribution is 6.37. The van der Waals surface area contributed by atoms with Gasteiger partial charge in [-0.1, -0.05) is 23.2 Å². The first-order chi connectivity index (χ1) is 9.31. The molecule has 2 amide bonds. The van der Waals surface area contributed by atoms with Gasteiger partial charge in [0, 0.05) is 18.1 Å². The molecule has 20 heavy (non-hydrogen) atoms. The van der Waals surface area contributed by atoms with Crippen LogP contribution in [0.2, 0.25) is 10.0 Å². The van der Waals surface area contributed by atoms with Crippen molar-refractivity contribution in [1.82, 2.24) is 10.2 Å². The Morgan fingerprint density at radius 2 is 1.95 bits per heavy atom. The molecule has 110 valence electrons. The summed E-state index contributed by atoms with van der Waals surface area (Å²) in [6.45, 7) is 1.08. The number of hydrogen-bond acceptors (Lipinski definition) is 3. The predicted molar refractivity (Wildman–Crippen MR) is 79.0 cm³/mol. The number of carbonyl (C=O) groups excluding carboxylic acids is 1. The third-order valence-electron chi connectivity index (χ3n) is 2.37. The van der Waals surface area contributed by atoms with E-state index in [-0.39, 0.29) is 21.3 Å². The van der Waals surface area contributed by atoms with Gasteiger partial charge in [-0.3, -0.25) is 0 Å². The lowest BCUT2D eigenvalue weighted by Gasteiger charge is -2.13. The maximum atomic E-state index is 11.7. The van der Waals surface area contributed by atoms with E-state index in [0.717, 1.165) is 0 Å². The highest BCUT2D eigenvalue weighted by Gasteiger charge is 2.17. The fourth-order valence-corrected chi connectivity index (χ4v) is 1.96. The zero-order chi connectivity index (χ0) is 15.3. The molecule has 0 spiro atoms. The Kier molecular flexibility index (Phi) is 6.06. The third-order valence-corrected chi connectivity index (χ3v) is 2.88. The van der Waals surface area contributed by atoms with E-state index >= 15 is 0 Å². The first-order valence-electron chi connectivity index (χ1n) is 5.73. The quantitative estimate of drug-likeness (QED) is 0.778. The number of halogens is 2. The molecule has 0 aliphatic carbocycles. The normalized spacial score (nSPS) is 10.4. The maximum absolute atomic E-state index is 11.7. The van der Waals surface area contributed by atoms with Crippen molar-refractivity contribution >= 4 is 40.9 Å². The highest BCUT2D eigenvalue weighted by Crippen LogP contribution is 2.30. The lowest BCUT2D eigenvalue weighted by atomic mass is 10.2. The largest absolute Gasteiger partial charge is 0.478 e. The van der Waals surface area contributed by atoms with E-state index in [9.17, 15) is 9.59 Å². The summed E-state index contributed by atoms with van der Waals surface area (Å²) in [5, 5.41) is 14.3. The second-order valence-electron chi connectivity index (χ2n) is 4.30. The number of carboxylic acids is 1. The summed E-state index contributed by atoms with van der Waals surface area (Å²) in [5.41, 5.74) is -0.142. The number of anilines is 1. The average molecular weight is 320 g/mol. The third kappa shape index (κ3) is 4.88. The Morgan fingerprint density at radius 1 is 1.30 bits per heavy atom. The standard InChI is InChI=1S/C12H15Cl2N3O3/c1-17(2)4-3-15-12(20)16-10-8(11(18)19)5-7(13)6-9(10)14/h5-6H,3-4H2,1-2H3,(H,18,19)(H2,15,16,20). The van der Waals surface area contributed by atoms with Crippen molar-refractivity contribution in [3.63, 3.8) is 0 Å². The number of nitrogens with zero attached hydrogens (tertiary/aromatic N) is 1. The Morgan fingerprint density at radius 3 is 2.50 bits per heavy atom. The van der Waals surface area contributed by atoms with E-state index in [1.54, 1.807) is 0 Å². The number of likely N-dealkylation sites (N-methyl/N-ethyl adjacent to an activating group) is 1. The molecule has 0 radical (unpaired) electrons. The fraction of sp³-hybridized carbons (Fsp3) is 0.333. The van der Waals surface area contributed by atoms with Crippen LogP contribution in [0.3, 0.4) is 0 Å². The van der Waals surface area contributed by atoms with E-state index in [1.165, 1.54) is 12.1 Å². The molecule has 0 unspecified atom stereocenters.